The zero-order valence-electron chi connectivity index (χ0n) is 15.1. The lowest BCUT2D eigenvalue weighted by Crippen LogP contribution is -2.40. The van der Waals surface area contributed by atoms with Gasteiger partial charge in [-0.25, -0.2) is 17.9 Å². The van der Waals surface area contributed by atoms with Crippen molar-refractivity contribution in [2.45, 2.75) is 56.9 Å². The van der Waals surface area contributed by atoms with Gasteiger partial charge in [0.25, 0.3) is 0 Å². The van der Waals surface area contributed by atoms with E-state index < -0.39 is 10.0 Å². The quantitative estimate of drug-likeness (QED) is 0.741. The average Bonchev–Trinajstić information content (AvgIpc) is 3.09. The van der Waals surface area contributed by atoms with E-state index in [1.54, 1.807) is 17.0 Å². The topological polar surface area (TPSA) is 78.5 Å². The predicted molar refractivity (Wildman–Crippen MR) is 99.0 cm³/mol. The van der Waals surface area contributed by atoms with Gasteiger partial charge in [-0.1, -0.05) is 25.0 Å². The Morgan fingerprint density at radius 1 is 1.12 bits per heavy atom. The van der Waals surface area contributed by atoms with Gasteiger partial charge in [-0.3, -0.25) is 0 Å². The molecule has 1 aromatic rings. The molecule has 1 aliphatic rings. The van der Waals surface area contributed by atoms with Crippen molar-refractivity contribution in [3.8, 4) is 0 Å². The molecule has 0 bridgehead atoms. The maximum Gasteiger partial charge on any atom is 0.317 e. The molecular weight excluding hydrogens is 338 g/mol. The Kier molecular flexibility index (Phi) is 7.25. The summed E-state index contributed by atoms with van der Waals surface area (Å²) in [5, 5.41) is 2.88. The Balaban J connectivity index is 1.86. The molecular formula is C18H29N3O3S. The van der Waals surface area contributed by atoms with Gasteiger partial charge in [-0.2, -0.15) is 0 Å². The summed E-state index contributed by atoms with van der Waals surface area (Å²) < 4.78 is 27.5. The molecule has 1 saturated carbocycles. The van der Waals surface area contributed by atoms with E-state index in [0.29, 0.717) is 31.0 Å². The summed E-state index contributed by atoms with van der Waals surface area (Å²) >= 11 is 0. The monoisotopic (exact) mass is 367 g/mol. The molecule has 1 aliphatic carbocycles. The number of urea groups is 1. The maximum absolute atomic E-state index is 12.4. The van der Waals surface area contributed by atoms with Crippen LogP contribution >= 0.6 is 0 Å². The van der Waals surface area contributed by atoms with Gasteiger partial charge >= 0.3 is 6.03 Å². The lowest BCUT2D eigenvalue weighted by Gasteiger charge is -2.19. The summed E-state index contributed by atoms with van der Waals surface area (Å²) in [6.45, 7) is 5.79. The summed E-state index contributed by atoms with van der Waals surface area (Å²) in [5.41, 5.74) is 1.000. The summed E-state index contributed by atoms with van der Waals surface area (Å²) in [6.07, 6.45) is 4.69. The van der Waals surface area contributed by atoms with E-state index >= 15 is 0 Å². The highest BCUT2D eigenvalue weighted by Gasteiger charge is 2.22. The number of hydrogen-bond donors (Lipinski definition) is 2. The first-order valence-corrected chi connectivity index (χ1v) is 10.6. The Labute approximate surface area is 151 Å². The molecule has 0 radical (unpaired) electrons. The second-order valence-electron chi connectivity index (χ2n) is 6.40. The van der Waals surface area contributed by atoms with E-state index in [4.69, 9.17) is 0 Å². The van der Waals surface area contributed by atoms with Crippen LogP contribution in [0.15, 0.2) is 29.2 Å². The van der Waals surface area contributed by atoms with Crippen LogP contribution in [0.2, 0.25) is 0 Å². The van der Waals surface area contributed by atoms with Gasteiger partial charge in [0, 0.05) is 25.7 Å². The number of amides is 2. The van der Waals surface area contributed by atoms with Crippen molar-refractivity contribution in [2.75, 3.05) is 19.6 Å². The first-order chi connectivity index (χ1) is 12.0. The molecule has 140 valence electrons. The van der Waals surface area contributed by atoms with Crippen LogP contribution in [-0.4, -0.2) is 45.0 Å². The van der Waals surface area contributed by atoms with Crippen LogP contribution in [0.1, 0.15) is 45.1 Å². The molecule has 0 spiro atoms. The van der Waals surface area contributed by atoms with Gasteiger partial charge in [0.2, 0.25) is 10.0 Å². The van der Waals surface area contributed by atoms with Crippen LogP contribution < -0.4 is 10.0 Å². The smallest absolute Gasteiger partial charge is 0.317 e. The van der Waals surface area contributed by atoms with Crippen molar-refractivity contribution in [1.82, 2.24) is 14.9 Å². The Bertz CT molecular complexity index is 649. The second kappa shape index (κ2) is 9.20. The highest BCUT2D eigenvalue weighted by molar-refractivity contribution is 7.89. The van der Waals surface area contributed by atoms with Gasteiger partial charge in [0.15, 0.2) is 0 Å². The molecule has 7 heteroatoms. The molecule has 0 unspecified atom stereocenters. The van der Waals surface area contributed by atoms with Gasteiger partial charge in [0.1, 0.15) is 0 Å². The van der Waals surface area contributed by atoms with E-state index in [1.807, 2.05) is 26.0 Å². The normalized spacial score (nSPS) is 15.3. The molecule has 6 nitrogen and oxygen atoms in total. The fourth-order valence-corrected chi connectivity index (χ4v) is 4.41. The minimum absolute atomic E-state index is 0.0649. The molecule has 2 rings (SSSR count). The highest BCUT2D eigenvalue weighted by Crippen LogP contribution is 2.20. The third-order valence-corrected chi connectivity index (χ3v) is 6.19. The highest BCUT2D eigenvalue weighted by atomic mass is 32.2. The van der Waals surface area contributed by atoms with Crippen LogP contribution in [0.3, 0.4) is 0 Å². The van der Waals surface area contributed by atoms with E-state index in [0.717, 1.165) is 31.2 Å². The van der Waals surface area contributed by atoms with E-state index in [-0.39, 0.29) is 12.1 Å². The zero-order valence-corrected chi connectivity index (χ0v) is 15.9. The largest absolute Gasteiger partial charge is 0.338 e. The molecule has 2 amide bonds. The molecule has 1 fully saturated rings. The predicted octanol–water partition coefficient (Wildman–Crippen LogP) is 2.50. The molecule has 1 aromatic carbocycles. The number of hydrogen-bond acceptors (Lipinski definition) is 3. The van der Waals surface area contributed by atoms with Crippen LogP contribution in [-0.2, 0) is 16.4 Å². The Hall–Kier alpha value is -1.60. The van der Waals surface area contributed by atoms with E-state index in [2.05, 4.69) is 10.0 Å². The number of nitrogens with zero attached hydrogens (tertiary/aromatic N) is 1. The van der Waals surface area contributed by atoms with Crippen LogP contribution in [0.4, 0.5) is 4.79 Å². The minimum atomic E-state index is -3.44. The van der Waals surface area contributed by atoms with Gasteiger partial charge in [-0.15, -0.1) is 0 Å². The molecule has 25 heavy (non-hydrogen) atoms. The van der Waals surface area contributed by atoms with Crippen molar-refractivity contribution in [3.05, 3.63) is 29.8 Å². The standard InChI is InChI=1S/C18H29N3O3S/c1-3-21(4-2)18(22)19-14-13-15-9-11-17(12-10-15)25(23,24)20-16-7-5-6-8-16/h9-12,16,20H,3-8,13-14H2,1-2H3,(H,19,22). The summed E-state index contributed by atoms with van der Waals surface area (Å²) in [4.78, 5) is 13.9. The van der Waals surface area contributed by atoms with Crippen molar-refractivity contribution in [1.29, 1.82) is 0 Å². The lowest BCUT2D eigenvalue weighted by molar-refractivity contribution is 0.203. The SMILES string of the molecule is CCN(CC)C(=O)NCCc1ccc(S(=O)(=O)NC2CCCC2)cc1. The Morgan fingerprint density at radius 3 is 2.28 bits per heavy atom. The number of carbonyl (C=O) groups excluding carboxylic acids is 1. The first kappa shape index (κ1) is 19.7. The van der Waals surface area contributed by atoms with Crippen LogP contribution in [0.25, 0.3) is 0 Å². The summed E-state index contributed by atoms with van der Waals surface area (Å²) in [6, 6.07) is 6.90. The lowest BCUT2D eigenvalue weighted by atomic mass is 10.1. The Morgan fingerprint density at radius 2 is 1.72 bits per heavy atom. The van der Waals surface area contributed by atoms with E-state index in [9.17, 15) is 13.2 Å². The second-order valence-corrected chi connectivity index (χ2v) is 8.11. The fraction of sp³-hybridized carbons (Fsp3) is 0.611. The summed E-state index contributed by atoms with van der Waals surface area (Å²) in [5.74, 6) is 0. The van der Waals surface area contributed by atoms with Crippen molar-refractivity contribution in [2.24, 2.45) is 0 Å². The van der Waals surface area contributed by atoms with Crippen molar-refractivity contribution >= 4 is 16.1 Å². The molecule has 0 atom stereocenters. The molecule has 0 heterocycles. The van der Waals surface area contributed by atoms with Crippen molar-refractivity contribution in [3.63, 3.8) is 0 Å². The number of nitrogens with one attached hydrogen (secondary N) is 2. The minimum Gasteiger partial charge on any atom is -0.338 e. The number of sulfonamides is 1. The molecule has 2 N–H and O–H groups in total. The molecule has 0 aliphatic heterocycles. The number of carbonyl (C=O) groups is 1. The third kappa shape index (κ3) is 5.71. The van der Waals surface area contributed by atoms with Crippen molar-refractivity contribution < 1.29 is 13.2 Å². The average molecular weight is 368 g/mol. The summed E-state index contributed by atoms with van der Waals surface area (Å²) in [7, 11) is -3.44. The maximum atomic E-state index is 12.4. The van der Waals surface area contributed by atoms with Crippen LogP contribution in [0, 0.1) is 0 Å². The van der Waals surface area contributed by atoms with Gasteiger partial charge in [-0.05, 0) is 50.8 Å². The number of rotatable bonds is 8. The molecule has 0 aromatic heterocycles. The van der Waals surface area contributed by atoms with E-state index in [1.165, 1.54) is 0 Å². The molecule has 0 saturated heterocycles. The van der Waals surface area contributed by atoms with Crippen LogP contribution in [0.5, 0.6) is 0 Å². The number of benzene rings is 1. The fourth-order valence-electron chi connectivity index (χ4n) is 3.10. The van der Waals surface area contributed by atoms with Gasteiger partial charge < -0.3 is 10.2 Å². The van der Waals surface area contributed by atoms with Gasteiger partial charge in [0.05, 0.1) is 4.90 Å². The first-order valence-electron chi connectivity index (χ1n) is 9.10. The third-order valence-electron chi connectivity index (χ3n) is 4.65. The zero-order chi connectivity index (χ0) is 18.3.